The fraction of sp³-hybridized carbons (Fsp3) is 0.143. The standard InChI is InChI=1S/C14H10BrCl2FO/c15-11-1-3-13(18)10(5-11)8-19-14-4-2-12(17)6-9(14)7-16/h1-6H,7-8H2. The molecule has 0 aromatic heterocycles. The first-order valence-electron chi connectivity index (χ1n) is 5.51. The van der Waals surface area contributed by atoms with Crippen molar-refractivity contribution in [1.29, 1.82) is 0 Å². The van der Waals surface area contributed by atoms with Crippen LogP contribution in [0, 0.1) is 5.82 Å². The molecule has 100 valence electrons. The van der Waals surface area contributed by atoms with Gasteiger partial charge in [0.2, 0.25) is 0 Å². The third-order valence-corrected chi connectivity index (χ3v) is 3.57. The van der Waals surface area contributed by atoms with Crippen molar-refractivity contribution in [2.45, 2.75) is 12.5 Å². The highest BCUT2D eigenvalue weighted by Gasteiger charge is 2.07. The predicted molar refractivity (Wildman–Crippen MR) is 79.4 cm³/mol. The molecule has 19 heavy (non-hydrogen) atoms. The molecule has 2 rings (SSSR count). The summed E-state index contributed by atoms with van der Waals surface area (Å²) in [7, 11) is 0. The molecular weight excluding hydrogens is 354 g/mol. The summed E-state index contributed by atoms with van der Waals surface area (Å²) in [5, 5.41) is 0.594. The average molecular weight is 364 g/mol. The Morgan fingerprint density at radius 3 is 2.63 bits per heavy atom. The van der Waals surface area contributed by atoms with Gasteiger partial charge in [-0.25, -0.2) is 4.39 Å². The van der Waals surface area contributed by atoms with Gasteiger partial charge >= 0.3 is 0 Å². The minimum Gasteiger partial charge on any atom is -0.488 e. The third-order valence-electron chi connectivity index (χ3n) is 2.56. The van der Waals surface area contributed by atoms with Crippen LogP contribution in [0.15, 0.2) is 40.9 Å². The highest BCUT2D eigenvalue weighted by atomic mass is 79.9. The van der Waals surface area contributed by atoms with E-state index in [1.54, 1.807) is 30.3 Å². The second-order valence-corrected chi connectivity index (χ2v) is 5.53. The van der Waals surface area contributed by atoms with Gasteiger partial charge in [0, 0.05) is 20.6 Å². The van der Waals surface area contributed by atoms with Crippen LogP contribution >= 0.6 is 39.1 Å². The molecule has 0 bridgehead atoms. The van der Waals surface area contributed by atoms with E-state index in [1.165, 1.54) is 6.07 Å². The van der Waals surface area contributed by atoms with Crippen molar-refractivity contribution < 1.29 is 9.13 Å². The van der Waals surface area contributed by atoms with E-state index in [9.17, 15) is 4.39 Å². The van der Waals surface area contributed by atoms with Crippen molar-refractivity contribution in [3.63, 3.8) is 0 Å². The van der Waals surface area contributed by atoms with E-state index in [1.807, 2.05) is 0 Å². The minimum atomic E-state index is -0.301. The summed E-state index contributed by atoms with van der Waals surface area (Å²) in [6.45, 7) is 0.136. The van der Waals surface area contributed by atoms with Gasteiger partial charge in [-0.1, -0.05) is 27.5 Å². The maximum atomic E-state index is 13.6. The first kappa shape index (κ1) is 14.6. The quantitative estimate of drug-likeness (QED) is 0.646. The zero-order chi connectivity index (χ0) is 13.8. The molecule has 0 aliphatic rings. The van der Waals surface area contributed by atoms with E-state index < -0.39 is 0 Å². The fourth-order valence-corrected chi connectivity index (χ4v) is 2.41. The average Bonchev–Trinajstić information content (AvgIpc) is 2.40. The first-order valence-corrected chi connectivity index (χ1v) is 7.22. The fourth-order valence-electron chi connectivity index (χ4n) is 1.60. The van der Waals surface area contributed by atoms with Crippen LogP contribution in [-0.2, 0) is 12.5 Å². The lowest BCUT2D eigenvalue weighted by Gasteiger charge is -2.11. The molecule has 0 fully saturated rings. The highest BCUT2D eigenvalue weighted by Crippen LogP contribution is 2.26. The monoisotopic (exact) mass is 362 g/mol. The maximum Gasteiger partial charge on any atom is 0.129 e. The van der Waals surface area contributed by atoms with E-state index in [0.717, 1.165) is 10.0 Å². The zero-order valence-corrected chi connectivity index (χ0v) is 12.9. The van der Waals surface area contributed by atoms with E-state index >= 15 is 0 Å². The normalized spacial score (nSPS) is 10.5. The van der Waals surface area contributed by atoms with Gasteiger partial charge in [-0.3, -0.25) is 0 Å². The van der Waals surface area contributed by atoms with Crippen molar-refractivity contribution in [2.24, 2.45) is 0 Å². The van der Waals surface area contributed by atoms with Gasteiger partial charge in [0.05, 0.1) is 5.88 Å². The SMILES string of the molecule is Fc1ccc(Br)cc1COc1ccc(Cl)cc1CCl. The van der Waals surface area contributed by atoms with E-state index in [0.29, 0.717) is 16.3 Å². The second-order valence-electron chi connectivity index (χ2n) is 3.91. The van der Waals surface area contributed by atoms with Crippen molar-refractivity contribution in [3.8, 4) is 5.75 Å². The molecule has 0 spiro atoms. The summed E-state index contributed by atoms with van der Waals surface area (Å²) in [5.74, 6) is 0.597. The molecule has 2 aromatic rings. The van der Waals surface area contributed by atoms with E-state index in [2.05, 4.69) is 15.9 Å². The number of alkyl halides is 1. The Balaban J connectivity index is 2.16. The molecule has 0 radical (unpaired) electrons. The lowest BCUT2D eigenvalue weighted by atomic mass is 10.2. The molecule has 0 amide bonds. The third kappa shape index (κ3) is 3.85. The molecule has 0 saturated carbocycles. The smallest absolute Gasteiger partial charge is 0.129 e. The predicted octanol–water partition coefficient (Wildman–Crippen LogP) is 5.56. The lowest BCUT2D eigenvalue weighted by Crippen LogP contribution is -2.00. The van der Waals surface area contributed by atoms with Crippen LogP contribution in [0.1, 0.15) is 11.1 Å². The Morgan fingerprint density at radius 2 is 1.89 bits per heavy atom. The van der Waals surface area contributed by atoms with Crippen LogP contribution in [0.2, 0.25) is 5.02 Å². The Bertz CT molecular complexity index is 590. The summed E-state index contributed by atoms with van der Waals surface area (Å²) in [6.07, 6.45) is 0. The Labute approximate surface area is 129 Å². The number of hydrogen-bond acceptors (Lipinski definition) is 1. The van der Waals surface area contributed by atoms with Gasteiger partial charge in [0.1, 0.15) is 18.2 Å². The van der Waals surface area contributed by atoms with Gasteiger partial charge in [-0.15, -0.1) is 11.6 Å². The molecule has 0 atom stereocenters. The summed E-state index contributed by atoms with van der Waals surface area (Å²) < 4.78 is 20.0. The van der Waals surface area contributed by atoms with E-state index in [-0.39, 0.29) is 18.3 Å². The van der Waals surface area contributed by atoms with Crippen LogP contribution < -0.4 is 4.74 Å². The first-order chi connectivity index (χ1) is 9.10. The Morgan fingerprint density at radius 1 is 1.11 bits per heavy atom. The Hall–Kier alpha value is -0.770. The number of benzene rings is 2. The molecule has 0 N–H and O–H groups in total. The minimum absolute atomic E-state index is 0.136. The number of ether oxygens (including phenoxy) is 1. The largest absolute Gasteiger partial charge is 0.488 e. The van der Waals surface area contributed by atoms with Gasteiger partial charge < -0.3 is 4.74 Å². The summed E-state index contributed by atoms with van der Waals surface area (Å²) in [6, 6.07) is 9.91. The summed E-state index contributed by atoms with van der Waals surface area (Å²) in [5.41, 5.74) is 1.26. The van der Waals surface area contributed by atoms with Crippen molar-refractivity contribution in [2.75, 3.05) is 0 Å². The second kappa shape index (κ2) is 6.60. The zero-order valence-electron chi connectivity index (χ0n) is 9.80. The van der Waals surface area contributed by atoms with Crippen LogP contribution in [0.25, 0.3) is 0 Å². The highest BCUT2D eigenvalue weighted by molar-refractivity contribution is 9.10. The van der Waals surface area contributed by atoms with Gasteiger partial charge in [-0.05, 0) is 36.4 Å². The Kier molecular flexibility index (Phi) is 5.08. The molecule has 2 aromatic carbocycles. The van der Waals surface area contributed by atoms with Crippen LogP contribution in [0.5, 0.6) is 5.75 Å². The van der Waals surface area contributed by atoms with Crippen LogP contribution in [-0.4, -0.2) is 0 Å². The van der Waals surface area contributed by atoms with Gasteiger partial charge in [0.15, 0.2) is 0 Å². The number of halogens is 4. The molecule has 0 unspecified atom stereocenters. The molecule has 0 saturated heterocycles. The van der Waals surface area contributed by atoms with Crippen molar-refractivity contribution in [3.05, 3.63) is 62.8 Å². The van der Waals surface area contributed by atoms with Gasteiger partial charge in [-0.2, -0.15) is 0 Å². The number of hydrogen-bond donors (Lipinski definition) is 0. The van der Waals surface area contributed by atoms with Crippen LogP contribution in [0.4, 0.5) is 4.39 Å². The topological polar surface area (TPSA) is 9.23 Å². The summed E-state index contributed by atoms with van der Waals surface area (Å²) >= 11 is 15.0. The lowest BCUT2D eigenvalue weighted by molar-refractivity contribution is 0.297. The summed E-state index contributed by atoms with van der Waals surface area (Å²) in [4.78, 5) is 0. The van der Waals surface area contributed by atoms with Gasteiger partial charge in [0.25, 0.3) is 0 Å². The van der Waals surface area contributed by atoms with E-state index in [4.69, 9.17) is 27.9 Å². The molecule has 0 heterocycles. The molecular formula is C14H10BrCl2FO. The molecule has 5 heteroatoms. The molecule has 0 aliphatic carbocycles. The van der Waals surface area contributed by atoms with Crippen molar-refractivity contribution >= 4 is 39.1 Å². The number of rotatable bonds is 4. The van der Waals surface area contributed by atoms with Crippen molar-refractivity contribution in [1.82, 2.24) is 0 Å². The molecule has 0 aliphatic heterocycles. The van der Waals surface area contributed by atoms with Crippen LogP contribution in [0.3, 0.4) is 0 Å². The molecule has 1 nitrogen and oxygen atoms in total. The maximum absolute atomic E-state index is 13.6.